The van der Waals surface area contributed by atoms with Crippen molar-refractivity contribution in [1.82, 2.24) is 4.90 Å². The second-order valence-corrected chi connectivity index (χ2v) is 10.9. The molecule has 0 N–H and O–H groups in total. The molecule has 2 aliphatic heterocycles. The van der Waals surface area contributed by atoms with Crippen LogP contribution in [-0.4, -0.2) is 64.2 Å². The van der Waals surface area contributed by atoms with Crippen molar-refractivity contribution >= 4 is 27.1 Å². The number of piperazine rings is 1. The van der Waals surface area contributed by atoms with Crippen molar-refractivity contribution in [3.8, 4) is 0 Å². The molecule has 6 nitrogen and oxygen atoms in total. The molecule has 184 valence electrons. The maximum Gasteiger partial charge on any atom is 0.416 e. The highest BCUT2D eigenvalue weighted by Crippen LogP contribution is 2.32. The van der Waals surface area contributed by atoms with Crippen molar-refractivity contribution in [3.63, 3.8) is 0 Å². The van der Waals surface area contributed by atoms with Crippen molar-refractivity contribution < 1.29 is 26.4 Å². The van der Waals surface area contributed by atoms with Gasteiger partial charge in [-0.1, -0.05) is 6.92 Å². The number of sulfone groups is 1. The van der Waals surface area contributed by atoms with Gasteiger partial charge in [-0.25, -0.2) is 8.42 Å². The van der Waals surface area contributed by atoms with E-state index >= 15 is 0 Å². The van der Waals surface area contributed by atoms with E-state index in [1.807, 2.05) is 4.90 Å². The summed E-state index contributed by atoms with van der Waals surface area (Å²) in [5.74, 6) is -0.266. The summed E-state index contributed by atoms with van der Waals surface area (Å²) in [5.41, 5.74) is 1.12. The third-order valence-electron chi connectivity index (χ3n) is 6.51. The van der Waals surface area contributed by atoms with Gasteiger partial charge in [0.15, 0.2) is 9.84 Å². The summed E-state index contributed by atoms with van der Waals surface area (Å²) in [6.07, 6.45) is -2.33. The second-order valence-electron chi connectivity index (χ2n) is 8.60. The van der Waals surface area contributed by atoms with Gasteiger partial charge >= 0.3 is 6.18 Å². The number of rotatable bonds is 5. The Labute approximate surface area is 197 Å². The molecule has 2 heterocycles. The number of carbonyl (C=O) groups excluding carboxylic acids is 1. The lowest BCUT2D eigenvalue weighted by Gasteiger charge is -2.37. The summed E-state index contributed by atoms with van der Waals surface area (Å²) in [4.78, 5) is 19.4. The average Bonchev–Trinajstić information content (AvgIpc) is 3.38. The molecule has 0 atom stereocenters. The van der Waals surface area contributed by atoms with E-state index < -0.39 is 21.6 Å². The lowest BCUT2D eigenvalue weighted by Crippen LogP contribution is -2.49. The highest BCUT2D eigenvalue weighted by atomic mass is 32.2. The summed E-state index contributed by atoms with van der Waals surface area (Å²) in [5, 5.41) is 0. The summed E-state index contributed by atoms with van der Waals surface area (Å²) < 4.78 is 63.4. The van der Waals surface area contributed by atoms with Crippen LogP contribution in [0.25, 0.3) is 0 Å². The number of hydrogen-bond donors (Lipinski definition) is 0. The molecule has 10 heteroatoms. The zero-order chi connectivity index (χ0) is 24.5. The minimum absolute atomic E-state index is 0.0461. The van der Waals surface area contributed by atoms with Gasteiger partial charge in [-0.15, -0.1) is 0 Å². The molecule has 4 rings (SSSR count). The lowest BCUT2D eigenvalue weighted by molar-refractivity contribution is -0.137. The Morgan fingerprint density at radius 3 is 2.06 bits per heavy atom. The van der Waals surface area contributed by atoms with E-state index in [0.29, 0.717) is 37.4 Å². The highest BCUT2D eigenvalue weighted by molar-refractivity contribution is 7.91. The van der Waals surface area contributed by atoms with Crippen molar-refractivity contribution in [1.29, 1.82) is 0 Å². The minimum atomic E-state index is -4.38. The van der Waals surface area contributed by atoms with E-state index in [2.05, 4.69) is 4.90 Å². The van der Waals surface area contributed by atoms with E-state index in [4.69, 9.17) is 0 Å². The molecule has 0 saturated carbocycles. The fourth-order valence-corrected chi connectivity index (χ4v) is 5.39. The van der Waals surface area contributed by atoms with E-state index in [1.165, 1.54) is 18.2 Å². The average molecular weight is 496 g/mol. The Bertz CT molecular complexity index is 1140. The van der Waals surface area contributed by atoms with Crippen molar-refractivity contribution in [3.05, 3.63) is 53.6 Å². The number of carbonyl (C=O) groups is 1. The normalized spacial score (nSPS) is 17.4. The number of alkyl halides is 3. The van der Waals surface area contributed by atoms with Crippen LogP contribution in [0.4, 0.5) is 24.5 Å². The van der Waals surface area contributed by atoms with Crippen LogP contribution in [0.5, 0.6) is 0 Å². The van der Waals surface area contributed by atoms with E-state index in [-0.39, 0.29) is 16.6 Å². The molecular formula is C24H28F3N3O3S. The molecule has 2 aromatic rings. The van der Waals surface area contributed by atoms with Crippen molar-refractivity contribution in [2.45, 2.75) is 30.8 Å². The monoisotopic (exact) mass is 495 g/mol. The van der Waals surface area contributed by atoms with Crippen LogP contribution in [0, 0.1) is 0 Å². The molecule has 0 radical (unpaired) electrons. The van der Waals surface area contributed by atoms with E-state index in [9.17, 15) is 26.4 Å². The third-order valence-corrected chi connectivity index (χ3v) is 8.24. The molecule has 0 bridgehead atoms. The first-order valence-corrected chi connectivity index (χ1v) is 13.1. The number of hydrogen-bond acceptors (Lipinski definition) is 5. The smallest absolute Gasteiger partial charge is 0.371 e. The van der Waals surface area contributed by atoms with Crippen LogP contribution >= 0.6 is 0 Å². The van der Waals surface area contributed by atoms with E-state index in [1.54, 1.807) is 24.0 Å². The first-order chi connectivity index (χ1) is 16.1. The summed E-state index contributed by atoms with van der Waals surface area (Å²) >= 11 is 0. The highest BCUT2D eigenvalue weighted by Gasteiger charge is 2.31. The number of amides is 1. The zero-order valence-electron chi connectivity index (χ0n) is 19.0. The summed E-state index contributed by atoms with van der Waals surface area (Å²) in [7, 11) is -3.46. The molecule has 0 unspecified atom stereocenters. The largest absolute Gasteiger partial charge is 0.416 e. The molecule has 2 aliphatic rings. The van der Waals surface area contributed by atoms with Crippen LogP contribution in [0.3, 0.4) is 0 Å². The van der Waals surface area contributed by atoms with Gasteiger partial charge in [0, 0.05) is 50.6 Å². The van der Waals surface area contributed by atoms with Crippen LogP contribution in [-0.2, 0) is 16.0 Å². The Morgan fingerprint density at radius 2 is 1.50 bits per heavy atom. The predicted molar refractivity (Wildman–Crippen MR) is 125 cm³/mol. The van der Waals surface area contributed by atoms with Gasteiger partial charge in [0.05, 0.1) is 21.8 Å². The third kappa shape index (κ3) is 5.01. The first kappa shape index (κ1) is 24.4. The molecular weight excluding hydrogens is 467 g/mol. The molecule has 2 aromatic carbocycles. The number of anilines is 2. The molecule has 0 spiro atoms. The SMILES string of the molecule is CCS(=O)(=O)c1ccc(N2CCCC2)c(C(=O)N2CCN(c3ccc(C(F)(F)F)cc3)CC2)c1. The van der Waals surface area contributed by atoms with Gasteiger partial charge < -0.3 is 14.7 Å². The van der Waals surface area contributed by atoms with Crippen LogP contribution < -0.4 is 9.80 Å². The second kappa shape index (κ2) is 9.48. The fraction of sp³-hybridized carbons (Fsp3) is 0.458. The lowest BCUT2D eigenvalue weighted by atomic mass is 10.1. The standard InChI is InChI=1S/C24H28F3N3O3S/c1-2-34(32,33)20-9-10-22(29-11-3-4-12-29)21(17-20)23(31)30-15-13-28(14-16-30)19-7-5-18(6-8-19)24(25,26)27/h5-10,17H,2-4,11-16H2,1H3. The quantitative estimate of drug-likeness (QED) is 0.626. The molecule has 0 aliphatic carbocycles. The molecule has 0 aromatic heterocycles. The Hall–Kier alpha value is -2.75. The van der Waals surface area contributed by atoms with Gasteiger partial charge in [-0.3, -0.25) is 4.79 Å². The van der Waals surface area contributed by atoms with Gasteiger partial charge in [0.1, 0.15) is 0 Å². The van der Waals surface area contributed by atoms with Crippen LogP contribution in [0.1, 0.15) is 35.7 Å². The maximum absolute atomic E-state index is 13.5. The first-order valence-electron chi connectivity index (χ1n) is 11.4. The molecule has 2 saturated heterocycles. The maximum atomic E-state index is 13.5. The molecule has 34 heavy (non-hydrogen) atoms. The number of nitrogens with zero attached hydrogens (tertiary/aromatic N) is 3. The minimum Gasteiger partial charge on any atom is -0.371 e. The van der Waals surface area contributed by atoms with Gasteiger partial charge in [-0.2, -0.15) is 13.2 Å². The Kier molecular flexibility index (Phi) is 6.80. The van der Waals surface area contributed by atoms with Gasteiger partial charge in [0.25, 0.3) is 5.91 Å². The van der Waals surface area contributed by atoms with E-state index in [0.717, 1.165) is 43.8 Å². The number of halogens is 3. The summed E-state index contributed by atoms with van der Waals surface area (Å²) in [6.45, 7) is 4.95. The molecule has 1 amide bonds. The fourth-order valence-electron chi connectivity index (χ4n) is 4.48. The zero-order valence-corrected chi connectivity index (χ0v) is 19.8. The van der Waals surface area contributed by atoms with Gasteiger partial charge in [0.2, 0.25) is 0 Å². The van der Waals surface area contributed by atoms with Crippen molar-refractivity contribution in [2.75, 3.05) is 54.8 Å². The topological polar surface area (TPSA) is 60.9 Å². The van der Waals surface area contributed by atoms with Gasteiger partial charge in [-0.05, 0) is 55.3 Å². The van der Waals surface area contributed by atoms with Crippen LogP contribution in [0.15, 0.2) is 47.4 Å². The van der Waals surface area contributed by atoms with Crippen molar-refractivity contribution in [2.24, 2.45) is 0 Å². The summed E-state index contributed by atoms with van der Waals surface area (Å²) in [6, 6.07) is 9.84. The predicted octanol–water partition coefficient (Wildman–Crippen LogP) is 4.06. The Morgan fingerprint density at radius 1 is 0.882 bits per heavy atom. The number of benzene rings is 2. The Balaban J connectivity index is 1.52. The van der Waals surface area contributed by atoms with Crippen LogP contribution in [0.2, 0.25) is 0 Å². The molecule has 2 fully saturated rings.